The summed E-state index contributed by atoms with van der Waals surface area (Å²) in [7, 11) is -3.65. The molecule has 0 spiro atoms. The van der Waals surface area contributed by atoms with Gasteiger partial charge in [0.05, 0.1) is 10.6 Å². The minimum Gasteiger partial charge on any atom is -0.199 e. The van der Waals surface area contributed by atoms with Crippen LogP contribution >= 0.6 is 0 Å². The number of benzene rings is 2. The largest absolute Gasteiger partial charge is 0.282 e. The third-order valence-corrected chi connectivity index (χ3v) is 4.43. The zero-order chi connectivity index (χ0) is 14.8. The highest BCUT2D eigenvalue weighted by molar-refractivity contribution is 7.90. The summed E-state index contributed by atoms with van der Waals surface area (Å²) in [6.07, 6.45) is 0. The summed E-state index contributed by atoms with van der Waals surface area (Å²) in [6.45, 7) is 5.60. The molecule has 2 aromatic rings. The molecular formula is C16H17NO2S. The van der Waals surface area contributed by atoms with Crippen LogP contribution in [-0.2, 0) is 10.0 Å². The Bertz CT molecular complexity index is 727. The van der Waals surface area contributed by atoms with E-state index in [9.17, 15) is 8.42 Å². The Hall–Kier alpha value is -1.94. The maximum atomic E-state index is 12.2. The van der Waals surface area contributed by atoms with Crippen molar-refractivity contribution in [3.63, 3.8) is 0 Å². The van der Waals surface area contributed by atoms with Gasteiger partial charge in [-0.3, -0.25) is 0 Å². The third kappa shape index (κ3) is 3.33. The van der Waals surface area contributed by atoms with Gasteiger partial charge in [-0.15, -0.1) is 0 Å². The van der Waals surface area contributed by atoms with Crippen LogP contribution in [0.15, 0.2) is 57.8 Å². The van der Waals surface area contributed by atoms with Gasteiger partial charge in [-0.2, -0.15) is 12.8 Å². The van der Waals surface area contributed by atoms with Crippen molar-refractivity contribution in [2.45, 2.75) is 25.7 Å². The molecule has 0 radical (unpaired) electrons. The molecule has 2 aromatic carbocycles. The molecule has 3 nitrogen and oxygen atoms in total. The maximum Gasteiger partial charge on any atom is 0.282 e. The molecule has 104 valence electrons. The second kappa shape index (κ2) is 5.59. The van der Waals surface area contributed by atoms with Crippen LogP contribution in [0.2, 0.25) is 0 Å². The van der Waals surface area contributed by atoms with Gasteiger partial charge < -0.3 is 0 Å². The average molecular weight is 287 g/mol. The summed E-state index contributed by atoms with van der Waals surface area (Å²) in [6, 6.07) is 14.3. The van der Waals surface area contributed by atoms with Crippen LogP contribution < -0.4 is 0 Å². The van der Waals surface area contributed by atoms with E-state index in [-0.39, 0.29) is 4.90 Å². The molecule has 0 saturated carbocycles. The fourth-order valence-electron chi connectivity index (χ4n) is 1.79. The summed E-state index contributed by atoms with van der Waals surface area (Å²) in [5, 5.41) is 0. The van der Waals surface area contributed by atoms with Gasteiger partial charge in [-0.05, 0) is 38.5 Å². The lowest BCUT2D eigenvalue weighted by Gasteiger charge is -2.03. The first-order chi connectivity index (χ1) is 9.38. The van der Waals surface area contributed by atoms with Gasteiger partial charge in [0.25, 0.3) is 10.0 Å². The molecule has 0 amide bonds. The van der Waals surface area contributed by atoms with Crippen LogP contribution in [0.1, 0.15) is 23.6 Å². The van der Waals surface area contributed by atoms with Crippen molar-refractivity contribution in [2.24, 2.45) is 4.40 Å². The summed E-state index contributed by atoms with van der Waals surface area (Å²) in [5.41, 5.74) is 3.45. The second-order valence-corrected chi connectivity index (χ2v) is 6.43. The molecule has 0 atom stereocenters. The zero-order valence-corrected chi connectivity index (χ0v) is 12.6. The first kappa shape index (κ1) is 14.5. The Kier molecular flexibility index (Phi) is 4.04. The van der Waals surface area contributed by atoms with E-state index < -0.39 is 10.0 Å². The maximum absolute atomic E-state index is 12.2. The molecule has 0 heterocycles. The predicted molar refractivity (Wildman–Crippen MR) is 81.8 cm³/mol. The normalized spacial score (nSPS) is 12.4. The number of sulfonamides is 1. The number of rotatable bonds is 3. The quantitative estimate of drug-likeness (QED) is 0.811. The van der Waals surface area contributed by atoms with Crippen molar-refractivity contribution in [1.29, 1.82) is 0 Å². The molecule has 20 heavy (non-hydrogen) atoms. The fourth-order valence-corrected chi connectivity index (χ4v) is 2.84. The number of nitrogens with zero attached hydrogens (tertiary/aromatic N) is 1. The van der Waals surface area contributed by atoms with Gasteiger partial charge in [0.2, 0.25) is 0 Å². The van der Waals surface area contributed by atoms with E-state index in [1.54, 1.807) is 31.2 Å². The van der Waals surface area contributed by atoms with Gasteiger partial charge in [0.15, 0.2) is 0 Å². The first-order valence-electron chi connectivity index (χ1n) is 6.34. The second-order valence-electron chi connectivity index (χ2n) is 4.83. The molecule has 0 fully saturated rings. The van der Waals surface area contributed by atoms with Crippen molar-refractivity contribution >= 4 is 15.7 Å². The molecule has 0 N–H and O–H groups in total. The summed E-state index contributed by atoms with van der Waals surface area (Å²) in [4.78, 5) is 0.217. The molecular weight excluding hydrogens is 270 g/mol. The number of aryl methyl sites for hydroxylation is 2. The molecule has 0 aliphatic heterocycles. The highest BCUT2D eigenvalue weighted by atomic mass is 32.2. The smallest absolute Gasteiger partial charge is 0.199 e. The Labute approximate surface area is 120 Å². The topological polar surface area (TPSA) is 46.5 Å². The highest BCUT2D eigenvalue weighted by Crippen LogP contribution is 2.15. The van der Waals surface area contributed by atoms with Crippen LogP contribution in [0.25, 0.3) is 0 Å². The van der Waals surface area contributed by atoms with Crippen molar-refractivity contribution in [2.75, 3.05) is 0 Å². The SMILES string of the molecule is CC(=NS(=O)(=O)c1ccc(C)cc1)c1ccc(C)cc1. The van der Waals surface area contributed by atoms with Crippen LogP contribution in [0.3, 0.4) is 0 Å². The molecule has 0 bridgehead atoms. The van der Waals surface area contributed by atoms with Gasteiger partial charge >= 0.3 is 0 Å². The lowest BCUT2D eigenvalue weighted by Crippen LogP contribution is -2.03. The standard InChI is InChI=1S/C16H17NO2S/c1-12-4-8-15(9-5-12)14(3)17-20(18,19)16-10-6-13(2)7-11-16/h4-11H,1-3H3. The highest BCUT2D eigenvalue weighted by Gasteiger charge is 2.13. The minimum atomic E-state index is -3.65. The van der Waals surface area contributed by atoms with E-state index in [1.165, 1.54) is 0 Å². The molecule has 0 aliphatic rings. The summed E-state index contributed by atoms with van der Waals surface area (Å²) in [5.74, 6) is 0. The first-order valence-corrected chi connectivity index (χ1v) is 7.78. The lowest BCUT2D eigenvalue weighted by atomic mass is 10.1. The van der Waals surface area contributed by atoms with E-state index in [1.807, 2.05) is 38.1 Å². The van der Waals surface area contributed by atoms with Crippen LogP contribution in [0, 0.1) is 13.8 Å². The summed E-state index contributed by atoms with van der Waals surface area (Å²) >= 11 is 0. The van der Waals surface area contributed by atoms with Gasteiger partial charge in [-0.1, -0.05) is 47.5 Å². The molecule has 0 aromatic heterocycles. The molecule has 2 rings (SSSR count). The molecule has 0 aliphatic carbocycles. The Morgan fingerprint density at radius 2 is 1.30 bits per heavy atom. The Morgan fingerprint density at radius 3 is 1.80 bits per heavy atom. The van der Waals surface area contributed by atoms with Gasteiger partial charge in [0.1, 0.15) is 0 Å². The van der Waals surface area contributed by atoms with Crippen LogP contribution in [-0.4, -0.2) is 14.1 Å². The fraction of sp³-hybridized carbons (Fsp3) is 0.188. The average Bonchev–Trinajstić information content (AvgIpc) is 2.39. The lowest BCUT2D eigenvalue weighted by molar-refractivity contribution is 0.598. The number of hydrogen-bond acceptors (Lipinski definition) is 2. The van der Waals surface area contributed by atoms with E-state index in [0.717, 1.165) is 16.7 Å². The Balaban J connectivity index is 2.37. The molecule has 0 unspecified atom stereocenters. The third-order valence-electron chi connectivity index (χ3n) is 3.05. The van der Waals surface area contributed by atoms with Crippen molar-refractivity contribution in [3.05, 3.63) is 65.2 Å². The minimum absolute atomic E-state index is 0.217. The summed E-state index contributed by atoms with van der Waals surface area (Å²) < 4.78 is 28.3. The van der Waals surface area contributed by atoms with Gasteiger partial charge in [0, 0.05) is 0 Å². The van der Waals surface area contributed by atoms with E-state index >= 15 is 0 Å². The predicted octanol–water partition coefficient (Wildman–Crippen LogP) is 3.50. The van der Waals surface area contributed by atoms with Crippen LogP contribution in [0.5, 0.6) is 0 Å². The molecule has 0 saturated heterocycles. The van der Waals surface area contributed by atoms with Crippen molar-refractivity contribution < 1.29 is 8.42 Å². The van der Waals surface area contributed by atoms with E-state index in [0.29, 0.717) is 5.71 Å². The molecule has 4 heteroatoms. The monoisotopic (exact) mass is 287 g/mol. The van der Waals surface area contributed by atoms with E-state index in [2.05, 4.69) is 4.40 Å². The zero-order valence-electron chi connectivity index (χ0n) is 11.8. The van der Waals surface area contributed by atoms with Crippen LogP contribution in [0.4, 0.5) is 0 Å². The van der Waals surface area contributed by atoms with Crippen molar-refractivity contribution in [3.8, 4) is 0 Å². The van der Waals surface area contributed by atoms with Crippen molar-refractivity contribution in [1.82, 2.24) is 0 Å². The van der Waals surface area contributed by atoms with Gasteiger partial charge in [-0.25, -0.2) is 0 Å². The van der Waals surface area contributed by atoms with E-state index in [4.69, 9.17) is 0 Å². The number of hydrogen-bond donors (Lipinski definition) is 0. The Morgan fingerprint density at radius 1 is 0.850 bits per heavy atom.